The fourth-order valence-corrected chi connectivity index (χ4v) is 3.75. The average Bonchev–Trinajstić information content (AvgIpc) is 2.78. The molecule has 158 valence electrons. The first-order chi connectivity index (χ1) is 15.3. The SMILES string of the molecule is O=C1NC(=S)N(c2ccc(Cl)cc2)C(=O)/C1=C\c1ccccc1-c1cccc(C(=O)O)c1. The van der Waals surface area contributed by atoms with Crippen LogP contribution in [0.15, 0.2) is 78.4 Å². The first-order valence-corrected chi connectivity index (χ1v) is 10.2. The lowest BCUT2D eigenvalue weighted by Gasteiger charge is -2.29. The quantitative estimate of drug-likeness (QED) is 0.338. The van der Waals surface area contributed by atoms with Crippen molar-refractivity contribution >= 4 is 58.5 Å². The minimum atomic E-state index is -1.04. The van der Waals surface area contributed by atoms with Gasteiger partial charge in [-0.05, 0) is 71.4 Å². The van der Waals surface area contributed by atoms with E-state index in [2.05, 4.69) is 5.32 Å². The minimum absolute atomic E-state index is 0.0260. The van der Waals surface area contributed by atoms with E-state index < -0.39 is 17.8 Å². The summed E-state index contributed by atoms with van der Waals surface area (Å²) in [6.45, 7) is 0. The van der Waals surface area contributed by atoms with Crippen molar-refractivity contribution in [2.45, 2.75) is 0 Å². The molecule has 6 nitrogen and oxygen atoms in total. The smallest absolute Gasteiger partial charge is 0.335 e. The number of hydrogen-bond acceptors (Lipinski definition) is 4. The molecule has 32 heavy (non-hydrogen) atoms. The summed E-state index contributed by atoms with van der Waals surface area (Å²) in [6, 6.07) is 20.0. The van der Waals surface area contributed by atoms with Gasteiger partial charge < -0.3 is 5.11 Å². The lowest BCUT2D eigenvalue weighted by atomic mass is 9.96. The molecule has 0 atom stereocenters. The highest BCUT2D eigenvalue weighted by molar-refractivity contribution is 7.80. The zero-order valence-electron chi connectivity index (χ0n) is 16.4. The van der Waals surface area contributed by atoms with E-state index in [1.807, 2.05) is 0 Å². The second-order valence-corrected chi connectivity index (χ2v) is 7.73. The summed E-state index contributed by atoms with van der Waals surface area (Å²) >= 11 is 11.1. The number of carboxylic acids is 1. The van der Waals surface area contributed by atoms with Crippen LogP contribution in [0.1, 0.15) is 15.9 Å². The van der Waals surface area contributed by atoms with Gasteiger partial charge in [0.05, 0.1) is 11.3 Å². The van der Waals surface area contributed by atoms with Crippen LogP contribution in [0.5, 0.6) is 0 Å². The maximum Gasteiger partial charge on any atom is 0.335 e. The fraction of sp³-hybridized carbons (Fsp3) is 0. The molecule has 0 aliphatic carbocycles. The van der Waals surface area contributed by atoms with E-state index in [0.717, 1.165) is 0 Å². The molecule has 0 saturated carbocycles. The van der Waals surface area contributed by atoms with Crippen molar-refractivity contribution in [3.63, 3.8) is 0 Å². The van der Waals surface area contributed by atoms with Gasteiger partial charge in [0, 0.05) is 5.02 Å². The third-order valence-corrected chi connectivity index (χ3v) is 5.40. The third kappa shape index (κ3) is 4.16. The maximum absolute atomic E-state index is 13.2. The second-order valence-electron chi connectivity index (χ2n) is 6.91. The molecular weight excluding hydrogens is 448 g/mol. The molecule has 0 unspecified atom stereocenters. The average molecular weight is 463 g/mol. The molecule has 0 radical (unpaired) electrons. The lowest BCUT2D eigenvalue weighted by molar-refractivity contribution is -0.122. The summed E-state index contributed by atoms with van der Waals surface area (Å²) in [7, 11) is 0. The van der Waals surface area contributed by atoms with Crippen LogP contribution in [0.2, 0.25) is 5.02 Å². The highest BCUT2D eigenvalue weighted by atomic mass is 35.5. The number of carboxylic acid groups (broad SMARTS) is 1. The van der Waals surface area contributed by atoms with Crippen molar-refractivity contribution in [1.29, 1.82) is 0 Å². The molecule has 0 aromatic heterocycles. The number of nitrogens with one attached hydrogen (secondary N) is 1. The van der Waals surface area contributed by atoms with E-state index in [9.17, 15) is 19.5 Å². The Bertz CT molecular complexity index is 1300. The fourth-order valence-electron chi connectivity index (χ4n) is 3.34. The standard InChI is InChI=1S/C24H15ClN2O4S/c25-17-8-10-18(11-9-17)27-22(29)20(21(28)26-24(27)32)13-15-4-1-2-7-19(15)14-5-3-6-16(12-14)23(30)31/h1-13H,(H,30,31)(H,26,28,32)/b20-13-. The van der Waals surface area contributed by atoms with Gasteiger partial charge in [-0.2, -0.15) is 0 Å². The van der Waals surface area contributed by atoms with Crippen LogP contribution in [0.4, 0.5) is 5.69 Å². The number of halogens is 1. The summed E-state index contributed by atoms with van der Waals surface area (Å²) in [4.78, 5) is 38.4. The van der Waals surface area contributed by atoms with E-state index >= 15 is 0 Å². The number of thiocarbonyl (C=S) groups is 1. The van der Waals surface area contributed by atoms with Gasteiger partial charge in [-0.1, -0.05) is 48.0 Å². The topological polar surface area (TPSA) is 86.7 Å². The van der Waals surface area contributed by atoms with Gasteiger partial charge in [-0.3, -0.25) is 19.8 Å². The summed E-state index contributed by atoms with van der Waals surface area (Å²) in [5.74, 6) is -2.23. The van der Waals surface area contributed by atoms with Gasteiger partial charge in [0.2, 0.25) is 0 Å². The monoisotopic (exact) mass is 462 g/mol. The van der Waals surface area contributed by atoms with Gasteiger partial charge in [0.25, 0.3) is 11.8 Å². The lowest BCUT2D eigenvalue weighted by Crippen LogP contribution is -2.54. The Balaban J connectivity index is 1.78. The Morgan fingerprint density at radius 3 is 2.44 bits per heavy atom. The van der Waals surface area contributed by atoms with Gasteiger partial charge in [0.1, 0.15) is 5.57 Å². The first-order valence-electron chi connectivity index (χ1n) is 9.45. The maximum atomic E-state index is 13.2. The molecule has 8 heteroatoms. The molecule has 4 rings (SSSR count). The number of benzene rings is 3. The zero-order chi connectivity index (χ0) is 22.8. The number of carbonyl (C=O) groups is 3. The molecule has 0 bridgehead atoms. The summed E-state index contributed by atoms with van der Waals surface area (Å²) in [5.41, 5.74) is 2.40. The Hall–Kier alpha value is -3.81. The minimum Gasteiger partial charge on any atom is -0.478 e. The number of rotatable bonds is 4. The zero-order valence-corrected chi connectivity index (χ0v) is 18.0. The van der Waals surface area contributed by atoms with Gasteiger partial charge in [-0.15, -0.1) is 0 Å². The predicted octanol–water partition coefficient (Wildman–Crippen LogP) is 4.54. The molecule has 1 aliphatic rings. The summed E-state index contributed by atoms with van der Waals surface area (Å²) < 4.78 is 0. The van der Waals surface area contributed by atoms with E-state index in [4.69, 9.17) is 23.8 Å². The normalized spacial score (nSPS) is 15.1. The van der Waals surface area contributed by atoms with Crippen LogP contribution < -0.4 is 10.2 Å². The molecule has 0 spiro atoms. The van der Waals surface area contributed by atoms with Crippen LogP contribution in [-0.2, 0) is 9.59 Å². The number of nitrogens with zero attached hydrogens (tertiary/aromatic N) is 1. The van der Waals surface area contributed by atoms with Crippen LogP contribution in [0.25, 0.3) is 17.2 Å². The number of amides is 2. The van der Waals surface area contributed by atoms with Crippen molar-refractivity contribution in [2.24, 2.45) is 0 Å². The van der Waals surface area contributed by atoms with E-state index in [-0.39, 0.29) is 16.2 Å². The Morgan fingerprint density at radius 2 is 1.72 bits per heavy atom. The van der Waals surface area contributed by atoms with Crippen LogP contribution in [0, 0.1) is 0 Å². The Labute approximate surface area is 193 Å². The second kappa shape index (κ2) is 8.74. The molecular formula is C24H15ClN2O4S. The number of aromatic carboxylic acids is 1. The van der Waals surface area contributed by atoms with Crippen molar-refractivity contribution in [2.75, 3.05) is 4.90 Å². The van der Waals surface area contributed by atoms with Crippen LogP contribution in [0.3, 0.4) is 0 Å². The van der Waals surface area contributed by atoms with Crippen LogP contribution >= 0.6 is 23.8 Å². The number of carbonyl (C=O) groups excluding carboxylic acids is 2. The molecule has 2 N–H and O–H groups in total. The highest BCUT2D eigenvalue weighted by Gasteiger charge is 2.34. The van der Waals surface area contributed by atoms with Crippen molar-refractivity contribution in [3.05, 3.63) is 94.5 Å². The molecule has 3 aromatic rings. The molecule has 1 saturated heterocycles. The predicted molar refractivity (Wildman–Crippen MR) is 126 cm³/mol. The van der Waals surface area contributed by atoms with Gasteiger partial charge >= 0.3 is 5.97 Å². The molecule has 2 amide bonds. The Kier molecular flexibility index (Phi) is 5.85. The third-order valence-electron chi connectivity index (χ3n) is 4.87. The molecule has 1 heterocycles. The summed E-state index contributed by atoms with van der Waals surface area (Å²) in [6.07, 6.45) is 1.48. The highest BCUT2D eigenvalue weighted by Crippen LogP contribution is 2.29. The number of hydrogen-bond donors (Lipinski definition) is 2. The van der Waals surface area contributed by atoms with Gasteiger partial charge in [0.15, 0.2) is 5.11 Å². The van der Waals surface area contributed by atoms with Crippen molar-refractivity contribution in [3.8, 4) is 11.1 Å². The van der Waals surface area contributed by atoms with E-state index in [1.54, 1.807) is 60.7 Å². The van der Waals surface area contributed by atoms with Crippen molar-refractivity contribution < 1.29 is 19.5 Å². The van der Waals surface area contributed by atoms with Crippen molar-refractivity contribution in [1.82, 2.24) is 5.32 Å². The van der Waals surface area contributed by atoms with Gasteiger partial charge in [-0.25, -0.2) is 4.79 Å². The number of anilines is 1. The van der Waals surface area contributed by atoms with E-state index in [1.165, 1.54) is 23.1 Å². The largest absolute Gasteiger partial charge is 0.478 e. The molecule has 3 aromatic carbocycles. The first kappa shape index (κ1) is 21.4. The van der Waals surface area contributed by atoms with E-state index in [0.29, 0.717) is 27.4 Å². The summed E-state index contributed by atoms with van der Waals surface area (Å²) in [5, 5.41) is 12.3. The van der Waals surface area contributed by atoms with Crippen LogP contribution in [-0.4, -0.2) is 28.0 Å². The molecule has 1 aliphatic heterocycles. The Morgan fingerprint density at radius 1 is 1.00 bits per heavy atom. The molecule has 1 fully saturated rings.